The summed E-state index contributed by atoms with van der Waals surface area (Å²) in [6.45, 7) is 3.15. The maximum Gasteiger partial charge on any atom is 0.0586 e. The lowest BCUT2D eigenvalue weighted by Gasteiger charge is -2.31. The van der Waals surface area contributed by atoms with Crippen molar-refractivity contribution in [3.63, 3.8) is 0 Å². The summed E-state index contributed by atoms with van der Waals surface area (Å²) in [4.78, 5) is 0. The molecule has 0 aliphatic heterocycles. The highest BCUT2D eigenvalue weighted by molar-refractivity contribution is 4.82. The summed E-state index contributed by atoms with van der Waals surface area (Å²) in [6.07, 6.45) is 9.17. The normalized spacial score (nSPS) is 26.9. The first-order valence-electron chi connectivity index (χ1n) is 6.54. The Balaban J connectivity index is 1.76. The fraction of sp³-hybridized carbons (Fsp3) is 0.769. The number of nitrogens with one attached hydrogen (secondary N) is 1. The molecule has 0 saturated heterocycles. The van der Waals surface area contributed by atoms with Gasteiger partial charge in [0.2, 0.25) is 0 Å². The van der Waals surface area contributed by atoms with Crippen LogP contribution < -0.4 is 5.32 Å². The lowest BCUT2D eigenvalue weighted by Crippen LogP contribution is -2.43. The molecule has 0 amide bonds. The number of hydrogen-bond donors (Lipinski definition) is 1. The zero-order valence-electron chi connectivity index (χ0n) is 10.8. The number of aromatic nitrogens is 2. The summed E-state index contributed by atoms with van der Waals surface area (Å²) < 4.78 is 7.43. The molecule has 1 aliphatic rings. The van der Waals surface area contributed by atoms with Crippen LogP contribution in [0.1, 0.15) is 32.6 Å². The number of nitrogens with zero attached hydrogens (tertiary/aromatic N) is 2. The van der Waals surface area contributed by atoms with Crippen LogP contribution in [-0.4, -0.2) is 35.1 Å². The predicted molar refractivity (Wildman–Crippen MR) is 67.9 cm³/mol. The Morgan fingerprint density at radius 2 is 2.41 bits per heavy atom. The molecule has 3 atom stereocenters. The Morgan fingerprint density at radius 3 is 3.12 bits per heavy atom. The molecular weight excluding hydrogens is 214 g/mol. The third-order valence-corrected chi connectivity index (χ3v) is 3.50. The summed E-state index contributed by atoms with van der Waals surface area (Å²) in [5, 5.41) is 7.91. The van der Waals surface area contributed by atoms with Gasteiger partial charge < -0.3 is 10.1 Å². The third kappa shape index (κ3) is 3.82. The van der Waals surface area contributed by atoms with E-state index in [0.29, 0.717) is 18.2 Å². The van der Waals surface area contributed by atoms with E-state index >= 15 is 0 Å². The van der Waals surface area contributed by atoms with Gasteiger partial charge in [-0.1, -0.05) is 0 Å². The van der Waals surface area contributed by atoms with Crippen molar-refractivity contribution in [2.75, 3.05) is 7.11 Å². The van der Waals surface area contributed by atoms with Crippen LogP contribution in [0, 0.1) is 0 Å². The Hall–Kier alpha value is -0.870. The van der Waals surface area contributed by atoms with E-state index in [2.05, 4.69) is 17.3 Å². The van der Waals surface area contributed by atoms with Crippen LogP contribution in [0.3, 0.4) is 0 Å². The van der Waals surface area contributed by atoms with Crippen LogP contribution in [0.25, 0.3) is 0 Å². The highest BCUT2D eigenvalue weighted by Gasteiger charge is 2.22. The Bertz CT molecular complexity index is 312. The van der Waals surface area contributed by atoms with E-state index in [0.717, 1.165) is 13.0 Å². The Kier molecular flexibility index (Phi) is 4.57. The summed E-state index contributed by atoms with van der Waals surface area (Å²) >= 11 is 0. The van der Waals surface area contributed by atoms with Crippen molar-refractivity contribution in [2.45, 2.75) is 57.3 Å². The van der Waals surface area contributed by atoms with Crippen molar-refractivity contribution >= 4 is 0 Å². The van der Waals surface area contributed by atoms with Gasteiger partial charge in [-0.15, -0.1) is 0 Å². The largest absolute Gasteiger partial charge is 0.381 e. The van der Waals surface area contributed by atoms with Crippen LogP contribution in [0.4, 0.5) is 0 Å². The third-order valence-electron chi connectivity index (χ3n) is 3.50. The summed E-state index contributed by atoms with van der Waals surface area (Å²) in [5.74, 6) is 0. The van der Waals surface area contributed by atoms with E-state index in [1.807, 2.05) is 30.3 Å². The van der Waals surface area contributed by atoms with Gasteiger partial charge >= 0.3 is 0 Å². The first-order chi connectivity index (χ1) is 8.28. The Morgan fingerprint density at radius 1 is 1.53 bits per heavy atom. The van der Waals surface area contributed by atoms with Crippen molar-refractivity contribution in [1.29, 1.82) is 0 Å². The van der Waals surface area contributed by atoms with E-state index in [4.69, 9.17) is 4.74 Å². The average molecular weight is 237 g/mol. The zero-order valence-corrected chi connectivity index (χ0v) is 10.8. The first-order valence-corrected chi connectivity index (χ1v) is 6.54. The lowest BCUT2D eigenvalue weighted by molar-refractivity contribution is 0.0568. The molecule has 0 bridgehead atoms. The minimum atomic E-state index is 0.443. The van der Waals surface area contributed by atoms with Gasteiger partial charge in [-0.2, -0.15) is 5.10 Å². The minimum absolute atomic E-state index is 0.443. The predicted octanol–water partition coefficient (Wildman–Crippen LogP) is 1.82. The standard InChI is InChI=1S/C13H23N3O/c1-11(10-16-8-4-7-14-16)15-12-5-3-6-13(9-12)17-2/h4,7-8,11-13,15H,3,5-6,9-10H2,1-2H3. The molecule has 3 unspecified atom stereocenters. The average Bonchev–Trinajstić information content (AvgIpc) is 2.82. The molecule has 4 nitrogen and oxygen atoms in total. The van der Waals surface area contributed by atoms with Gasteiger partial charge in [0.1, 0.15) is 0 Å². The van der Waals surface area contributed by atoms with Gasteiger partial charge in [-0.25, -0.2) is 0 Å². The molecule has 4 heteroatoms. The fourth-order valence-corrected chi connectivity index (χ4v) is 2.65. The summed E-state index contributed by atoms with van der Waals surface area (Å²) in [7, 11) is 1.82. The number of hydrogen-bond acceptors (Lipinski definition) is 3. The Labute approximate surface area is 103 Å². The van der Waals surface area contributed by atoms with Crippen LogP contribution in [-0.2, 0) is 11.3 Å². The molecule has 1 heterocycles. The van der Waals surface area contributed by atoms with Crippen LogP contribution in [0.5, 0.6) is 0 Å². The number of methoxy groups -OCH3 is 1. The fourth-order valence-electron chi connectivity index (χ4n) is 2.65. The molecule has 1 N–H and O–H groups in total. The van der Waals surface area contributed by atoms with Crippen molar-refractivity contribution < 1.29 is 4.74 Å². The van der Waals surface area contributed by atoms with Crippen molar-refractivity contribution in [3.8, 4) is 0 Å². The van der Waals surface area contributed by atoms with E-state index in [-0.39, 0.29) is 0 Å². The van der Waals surface area contributed by atoms with Gasteiger partial charge in [0, 0.05) is 31.6 Å². The lowest BCUT2D eigenvalue weighted by atomic mass is 9.92. The van der Waals surface area contributed by atoms with E-state index in [9.17, 15) is 0 Å². The van der Waals surface area contributed by atoms with Crippen molar-refractivity contribution in [1.82, 2.24) is 15.1 Å². The van der Waals surface area contributed by atoms with E-state index in [1.165, 1.54) is 19.3 Å². The molecular formula is C13H23N3O. The maximum absolute atomic E-state index is 5.45. The molecule has 0 aromatic carbocycles. The van der Waals surface area contributed by atoms with Gasteiger partial charge in [0.25, 0.3) is 0 Å². The summed E-state index contributed by atoms with van der Waals surface area (Å²) in [5.41, 5.74) is 0. The second-order valence-corrected chi connectivity index (χ2v) is 5.02. The van der Waals surface area contributed by atoms with Crippen LogP contribution in [0.15, 0.2) is 18.5 Å². The molecule has 0 radical (unpaired) electrons. The molecule has 1 aromatic heterocycles. The monoisotopic (exact) mass is 237 g/mol. The van der Waals surface area contributed by atoms with Gasteiger partial charge in [-0.3, -0.25) is 4.68 Å². The summed E-state index contributed by atoms with van der Waals surface area (Å²) in [6, 6.07) is 3.02. The molecule has 1 saturated carbocycles. The topological polar surface area (TPSA) is 39.1 Å². The van der Waals surface area contributed by atoms with Crippen molar-refractivity contribution in [2.24, 2.45) is 0 Å². The minimum Gasteiger partial charge on any atom is -0.381 e. The molecule has 1 aromatic rings. The first kappa shape index (κ1) is 12.6. The second kappa shape index (κ2) is 6.17. The van der Waals surface area contributed by atoms with E-state index in [1.54, 1.807) is 0 Å². The van der Waals surface area contributed by atoms with E-state index < -0.39 is 0 Å². The number of ether oxygens (including phenoxy) is 1. The molecule has 1 fully saturated rings. The van der Waals surface area contributed by atoms with Gasteiger partial charge in [0.05, 0.1) is 12.6 Å². The maximum atomic E-state index is 5.45. The molecule has 17 heavy (non-hydrogen) atoms. The molecule has 96 valence electrons. The highest BCUT2D eigenvalue weighted by Crippen LogP contribution is 2.21. The van der Waals surface area contributed by atoms with Crippen LogP contribution >= 0.6 is 0 Å². The number of rotatable bonds is 5. The SMILES string of the molecule is COC1CCCC(NC(C)Cn2cccn2)C1. The highest BCUT2D eigenvalue weighted by atomic mass is 16.5. The molecule has 0 spiro atoms. The van der Waals surface area contributed by atoms with Gasteiger partial charge in [0.15, 0.2) is 0 Å². The quantitative estimate of drug-likeness (QED) is 0.849. The molecule has 1 aliphatic carbocycles. The second-order valence-electron chi connectivity index (χ2n) is 5.02. The van der Waals surface area contributed by atoms with Gasteiger partial charge in [-0.05, 0) is 38.7 Å². The van der Waals surface area contributed by atoms with Crippen molar-refractivity contribution in [3.05, 3.63) is 18.5 Å². The van der Waals surface area contributed by atoms with Crippen LogP contribution in [0.2, 0.25) is 0 Å². The smallest absolute Gasteiger partial charge is 0.0586 e. The zero-order chi connectivity index (χ0) is 12.1. The molecule has 2 rings (SSSR count).